The van der Waals surface area contributed by atoms with E-state index >= 15 is 0 Å². The van der Waals surface area contributed by atoms with Crippen molar-refractivity contribution < 1.29 is 13.2 Å². The van der Waals surface area contributed by atoms with E-state index in [1.54, 1.807) is 36.4 Å². The molecule has 0 aliphatic heterocycles. The van der Waals surface area contributed by atoms with Gasteiger partial charge in [0.25, 0.3) is 5.56 Å². The summed E-state index contributed by atoms with van der Waals surface area (Å²) in [6, 6.07) is 16.7. The number of alkyl halides is 3. The van der Waals surface area contributed by atoms with Crippen molar-refractivity contribution in [3.63, 3.8) is 0 Å². The van der Waals surface area contributed by atoms with Crippen LogP contribution >= 0.6 is 11.6 Å². The lowest BCUT2D eigenvalue weighted by molar-refractivity contribution is -0.138. The zero-order chi connectivity index (χ0) is 19.6. The summed E-state index contributed by atoms with van der Waals surface area (Å²) in [6.07, 6.45) is -3.84. The van der Waals surface area contributed by atoms with E-state index in [2.05, 4.69) is 6.07 Å². The van der Waals surface area contributed by atoms with E-state index in [1.165, 1.54) is 0 Å². The van der Waals surface area contributed by atoms with E-state index in [4.69, 9.17) is 11.6 Å². The molecule has 3 aromatic rings. The molecule has 0 saturated carbocycles. The van der Waals surface area contributed by atoms with Crippen molar-refractivity contribution >= 4 is 11.6 Å². The van der Waals surface area contributed by atoms with Crippen LogP contribution in [0.1, 0.15) is 16.7 Å². The number of hydrogen-bond acceptors (Lipinski definition) is 2. The second-order valence-electron chi connectivity index (χ2n) is 5.86. The first kappa shape index (κ1) is 18.7. The van der Waals surface area contributed by atoms with E-state index in [0.717, 1.165) is 21.9 Å². The molecule has 7 heteroatoms. The third-order valence-corrected chi connectivity index (χ3v) is 4.31. The number of nitriles is 1. The normalized spacial score (nSPS) is 11.2. The fraction of sp³-hybridized carbons (Fsp3) is 0.100. The van der Waals surface area contributed by atoms with Crippen LogP contribution in [-0.2, 0) is 12.7 Å². The fourth-order valence-corrected chi connectivity index (χ4v) is 2.92. The highest BCUT2D eigenvalue weighted by Crippen LogP contribution is 2.30. The van der Waals surface area contributed by atoms with Gasteiger partial charge in [-0.3, -0.25) is 4.79 Å². The average Bonchev–Trinajstić information content (AvgIpc) is 2.65. The predicted molar refractivity (Wildman–Crippen MR) is 96.4 cm³/mol. The molecule has 0 N–H and O–H groups in total. The summed E-state index contributed by atoms with van der Waals surface area (Å²) >= 11 is 5.67. The first-order chi connectivity index (χ1) is 12.8. The summed E-state index contributed by atoms with van der Waals surface area (Å²) in [6.45, 7) is -0.0529. The largest absolute Gasteiger partial charge is 0.417 e. The molecular weight excluding hydrogens is 377 g/mol. The topological polar surface area (TPSA) is 45.8 Å². The van der Waals surface area contributed by atoms with Gasteiger partial charge in [-0.2, -0.15) is 18.4 Å². The number of halogens is 4. The maximum absolute atomic E-state index is 12.9. The molecule has 0 saturated heterocycles. The van der Waals surface area contributed by atoms with Gasteiger partial charge in [-0.15, -0.1) is 0 Å². The van der Waals surface area contributed by atoms with E-state index < -0.39 is 22.3 Å². The third-order valence-electron chi connectivity index (χ3n) is 4.04. The second kappa shape index (κ2) is 7.29. The molecule has 0 aliphatic carbocycles. The minimum atomic E-state index is -4.59. The lowest BCUT2D eigenvalue weighted by Gasteiger charge is -2.12. The van der Waals surface area contributed by atoms with Gasteiger partial charge in [-0.1, -0.05) is 54.1 Å². The number of nitrogens with zero attached hydrogens (tertiary/aromatic N) is 2. The molecule has 0 unspecified atom stereocenters. The Labute approximate surface area is 157 Å². The molecule has 1 aromatic heterocycles. The van der Waals surface area contributed by atoms with Crippen LogP contribution in [0.25, 0.3) is 11.1 Å². The van der Waals surface area contributed by atoms with Crippen LogP contribution in [0.3, 0.4) is 0 Å². The molecule has 0 amide bonds. The highest BCUT2D eigenvalue weighted by molar-refractivity contribution is 6.30. The number of benzene rings is 2. The monoisotopic (exact) mass is 388 g/mol. The zero-order valence-corrected chi connectivity index (χ0v) is 14.6. The van der Waals surface area contributed by atoms with Crippen molar-refractivity contribution in [3.05, 3.63) is 92.9 Å². The second-order valence-corrected chi connectivity index (χ2v) is 6.27. The Hall–Kier alpha value is -3.04. The molecule has 2 aromatic carbocycles. The molecule has 3 nitrogen and oxygen atoms in total. The summed E-state index contributed by atoms with van der Waals surface area (Å²) in [5, 5.41) is 8.70. The van der Waals surface area contributed by atoms with Gasteiger partial charge in [-0.25, -0.2) is 0 Å². The Kier molecular flexibility index (Phi) is 5.06. The first-order valence-electron chi connectivity index (χ1n) is 7.85. The highest BCUT2D eigenvalue weighted by Gasteiger charge is 2.32. The van der Waals surface area contributed by atoms with Crippen LogP contribution in [-0.4, -0.2) is 4.57 Å². The van der Waals surface area contributed by atoms with Gasteiger partial charge >= 0.3 is 6.18 Å². The van der Waals surface area contributed by atoms with E-state index in [1.807, 2.05) is 12.1 Å². The van der Waals surface area contributed by atoms with Crippen molar-refractivity contribution in [2.24, 2.45) is 0 Å². The Morgan fingerprint density at radius 2 is 1.74 bits per heavy atom. The summed E-state index contributed by atoms with van der Waals surface area (Å²) in [5.41, 5.74) is 1.03. The van der Waals surface area contributed by atoms with Gasteiger partial charge in [0.2, 0.25) is 0 Å². The Morgan fingerprint density at radius 3 is 2.37 bits per heavy atom. The Balaban J connectivity index is 1.93. The number of pyridine rings is 1. The summed E-state index contributed by atoms with van der Waals surface area (Å²) < 4.78 is 39.7. The number of aromatic nitrogens is 1. The average molecular weight is 389 g/mol. The van der Waals surface area contributed by atoms with Gasteiger partial charge in [0.1, 0.15) is 5.02 Å². The summed E-state index contributed by atoms with van der Waals surface area (Å²) in [7, 11) is 0. The third kappa shape index (κ3) is 4.04. The van der Waals surface area contributed by atoms with Gasteiger partial charge in [-0.05, 0) is 28.8 Å². The smallest absolute Gasteiger partial charge is 0.309 e. The molecule has 1 heterocycles. The minimum Gasteiger partial charge on any atom is -0.309 e. The van der Waals surface area contributed by atoms with Crippen LogP contribution in [0, 0.1) is 11.3 Å². The van der Waals surface area contributed by atoms with Gasteiger partial charge in [0.15, 0.2) is 0 Å². The molecule has 27 heavy (non-hydrogen) atoms. The van der Waals surface area contributed by atoms with E-state index in [0.29, 0.717) is 17.2 Å². The van der Waals surface area contributed by atoms with Crippen molar-refractivity contribution in [1.29, 1.82) is 5.26 Å². The van der Waals surface area contributed by atoms with Crippen LogP contribution < -0.4 is 5.56 Å². The van der Waals surface area contributed by atoms with Crippen LogP contribution in [0.15, 0.2) is 65.6 Å². The molecule has 3 rings (SSSR count). The lowest BCUT2D eigenvalue weighted by atomic mass is 9.99. The van der Waals surface area contributed by atoms with Gasteiger partial charge in [0, 0.05) is 6.20 Å². The fourth-order valence-electron chi connectivity index (χ4n) is 2.69. The molecule has 0 bridgehead atoms. The summed E-state index contributed by atoms with van der Waals surface area (Å²) in [5.74, 6) is 0. The molecule has 136 valence electrons. The number of hydrogen-bond donors (Lipinski definition) is 0. The summed E-state index contributed by atoms with van der Waals surface area (Å²) in [4.78, 5) is 12.1. The van der Waals surface area contributed by atoms with Crippen molar-refractivity contribution in [1.82, 2.24) is 4.57 Å². The minimum absolute atomic E-state index is 0.0529. The molecule has 0 aliphatic rings. The molecular formula is C20H12ClF3N2O. The quantitative estimate of drug-likeness (QED) is 0.626. The van der Waals surface area contributed by atoms with Gasteiger partial charge < -0.3 is 4.57 Å². The van der Waals surface area contributed by atoms with E-state index in [9.17, 15) is 23.2 Å². The van der Waals surface area contributed by atoms with E-state index in [-0.39, 0.29) is 6.54 Å². The Morgan fingerprint density at radius 1 is 1.07 bits per heavy atom. The standard InChI is InChI=1S/C20H12ClF3N2O/c21-18-9-16(20(22,23)24)12-26(19(18)27)11-13-5-7-14(8-6-13)17-4-2-1-3-15(17)10-25/h1-9,12H,11H2. The predicted octanol–water partition coefficient (Wildman–Crippen LogP) is 5.11. The van der Waals surface area contributed by atoms with Crippen molar-refractivity contribution in [2.45, 2.75) is 12.7 Å². The maximum atomic E-state index is 12.9. The van der Waals surface area contributed by atoms with Crippen LogP contribution in [0.4, 0.5) is 13.2 Å². The number of rotatable bonds is 3. The molecule has 0 radical (unpaired) electrons. The molecule has 0 atom stereocenters. The molecule has 0 fully saturated rings. The zero-order valence-electron chi connectivity index (χ0n) is 13.8. The maximum Gasteiger partial charge on any atom is 0.417 e. The highest BCUT2D eigenvalue weighted by atomic mass is 35.5. The SMILES string of the molecule is N#Cc1ccccc1-c1ccc(Cn2cc(C(F)(F)F)cc(Cl)c2=O)cc1. The van der Waals surface area contributed by atoms with Crippen LogP contribution in [0.5, 0.6) is 0 Å². The van der Waals surface area contributed by atoms with Crippen LogP contribution in [0.2, 0.25) is 5.02 Å². The Bertz CT molecular complexity index is 1080. The lowest BCUT2D eigenvalue weighted by Crippen LogP contribution is -2.23. The first-order valence-corrected chi connectivity index (χ1v) is 8.23. The molecule has 0 spiro atoms. The van der Waals surface area contributed by atoms with Gasteiger partial charge in [0.05, 0.1) is 23.7 Å². The van der Waals surface area contributed by atoms with Crippen molar-refractivity contribution in [3.8, 4) is 17.2 Å². The van der Waals surface area contributed by atoms with Crippen molar-refractivity contribution in [2.75, 3.05) is 0 Å².